The molecular weight excluding hydrogens is 156 g/mol. The van der Waals surface area contributed by atoms with Crippen LogP contribution in [0.25, 0.3) is 0 Å². The van der Waals surface area contributed by atoms with Crippen molar-refractivity contribution < 1.29 is 0 Å². The molecule has 1 aromatic rings. The Morgan fingerprint density at radius 3 is 2.73 bits per heavy atom. The van der Waals surface area contributed by atoms with Gasteiger partial charge in [-0.15, -0.1) is 0 Å². The van der Waals surface area contributed by atoms with Gasteiger partial charge in [0.1, 0.15) is 0 Å². The van der Waals surface area contributed by atoms with Gasteiger partial charge in [0.05, 0.1) is 0 Å². The first-order valence-corrected chi connectivity index (χ1v) is 4.33. The van der Waals surface area contributed by atoms with E-state index in [0.717, 1.165) is 5.02 Å². The third-order valence-corrected chi connectivity index (χ3v) is 2.44. The molecule has 2 rings (SSSR count). The van der Waals surface area contributed by atoms with E-state index < -0.39 is 0 Å². The molecule has 1 radical (unpaired) electrons. The number of hydrogen-bond acceptors (Lipinski definition) is 0. The van der Waals surface area contributed by atoms with E-state index in [2.05, 4.69) is 18.6 Å². The average Bonchev–Trinajstić information content (AvgIpc) is 1.83. The highest BCUT2D eigenvalue weighted by Gasteiger charge is 2.19. The maximum absolute atomic E-state index is 5.86. The summed E-state index contributed by atoms with van der Waals surface area (Å²) in [4.78, 5) is 0. The molecule has 1 fully saturated rings. The summed E-state index contributed by atoms with van der Waals surface area (Å²) in [7, 11) is 0. The standard InChI is InChI=1S/C10H10Cl/c11-10-6-2-5-9(7-10)8-3-1-4-8/h2-3,5-8H,1,4H2. The van der Waals surface area contributed by atoms with Gasteiger partial charge in [-0.05, 0) is 42.9 Å². The predicted molar refractivity (Wildman–Crippen MR) is 47.7 cm³/mol. The fraction of sp³-hybridized carbons (Fsp3) is 0.300. The number of rotatable bonds is 1. The lowest BCUT2D eigenvalue weighted by molar-refractivity contribution is 0.553. The Balaban J connectivity index is 2.23. The summed E-state index contributed by atoms with van der Waals surface area (Å²) in [5.74, 6) is 0.675. The van der Waals surface area contributed by atoms with E-state index in [9.17, 15) is 0 Å². The topological polar surface area (TPSA) is 0 Å². The third-order valence-electron chi connectivity index (χ3n) is 2.21. The van der Waals surface area contributed by atoms with Crippen molar-refractivity contribution in [2.24, 2.45) is 0 Å². The van der Waals surface area contributed by atoms with E-state index in [1.165, 1.54) is 18.4 Å². The number of halogens is 1. The van der Waals surface area contributed by atoms with Gasteiger partial charge in [-0.2, -0.15) is 0 Å². The largest absolute Gasteiger partial charge is 0.0843 e. The van der Waals surface area contributed by atoms with Gasteiger partial charge in [0, 0.05) is 5.02 Å². The number of hydrogen-bond donors (Lipinski definition) is 0. The Labute approximate surface area is 72.2 Å². The predicted octanol–water partition coefficient (Wildman–Crippen LogP) is 3.42. The van der Waals surface area contributed by atoms with Crippen LogP contribution in [0.5, 0.6) is 0 Å². The van der Waals surface area contributed by atoms with Crippen molar-refractivity contribution in [1.82, 2.24) is 0 Å². The fourth-order valence-electron chi connectivity index (χ4n) is 1.37. The molecule has 1 heteroatoms. The first-order chi connectivity index (χ1) is 5.36. The second kappa shape index (κ2) is 2.86. The van der Waals surface area contributed by atoms with Gasteiger partial charge in [-0.1, -0.05) is 23.7 Å². The van der Waals surface area contributed by atoms with Gasteiger partial charge < -0.3 is 0 Å². The Morgan fingerprint density at radius 2 is 2.18 bits per heavy atom. The molecule has 57 valence electrons. The highest BCUT2D eigenvalue weighted by Crippen LogP contribution is 2.35. The number of benzene rings is 1. The Morgan fingerprint density at radius 1 is 1.36 bits per heavy atom. The minimum Gasteiger partial charge on any atom is -0.0843 e. The molecule has 0 aliphatic heterocycles. The van der Waals surface area contributed by atoms with Crippen LogP contribution in [0.3, 0.4) is 0 Å². The maximum Gasteiger partial charge on any atom is 0.0408 e. The van der Waals surface area contributed by atoms with E-state index in [1.54, 1.807) is 0 Å². The third kappa shape index (κ3) is 1.41. The molecule has 0 N–H and O–H groups in total. The van der Waals surface area contributed by atoms with Crippen molar-refractivity contribution in [3.63, 3.8) is 0 Å². The van der Waals surface area contributed by atoms with Gasteiger partial charge in [-0.25, -0.2) is 0 Å². The minimum absolute atomic E-state index is 0.675. The Hall–Kier alpha value is -0.490. The first-order valence-electron chi connectivity index (χ1n) is 3.95. The molecule has 0 spiro atoms. The van der Waals surface area contributed by atoms with Crippen molar-refractivity contribution in [2.75, 3.05) is 0 Å². The zero-order chi connectivity index (χ0) is 7.68. The zero-order valence-electron chi connectivity index (χ0n) is 6.26. The van der Waals surface area contributed by atoms with Crippen LogP contribution in [-0.2, 0) is 0 Å². The SMILES string of the molecule is Clc1cccc(C2[CH]CC2)c1. The van der Waals surface area contributed by atoms with Gasteiger partial charge in [-0.3, -0.25) is 0 Å². The monoisotopic (exact) mass is 165 g/mol. The van der Waals surface area contributed by atoms with E-state index in [1.807, 2.05) is 12.1 Å². The quantitative estimate of drug-likeness (QED) is 0.598. The van der Waals surface area contributed by atoms with Gasteiger partial charge >= 0.3 is 0 Å². The molecule has 1 aliphatic carbocycles. The lowest BCUT2D eigenvalue weighted by Crippen LogP contribution is -2.09. The van der Waals surface area contributed by atoms with E-state index in [-0.39, 0.29) is 0 Å². The van der Waals surface area contributed by atoms with Crippen LogP contribution < -0.4 is 0 Å². The van der Waals surface area contributed by atoms with Crippen molar-refractivity contribution >= 4 is 11.6 Å². The molecule has 0 bridgehead atoms. The molecule has 0 nitrogen and oxygen atoms in total. The van der Waals surface area contributed by atoms with Crippen LogP contribution >= 0.6 is 11.6 Å². The molecule has 1 aromatic carbocycles. The van der Waals surface area contributed by atoms with Crippen LogP contribution in [0, 0.1) is 6.42 Å². The molecule has 0 heterocycles. The van der Waals surface area contributed by atoms with Crippen LogP contribution in [-0.4, -0.2) is 0 Å². The van der Waals surface area contributed by atoms with Gasteiger partial charge in [0.2, 0.25) is 0 Å². The van der Waals surface area contributed by atoms with Crippen molar-refractivity contribution in [1.29, 1.82) is 0 Å². The summed E-state index contributed by atoms with van der Waals surface area (Å²) in [5.41, 5.74) is 1.36. The summed E-state index contributed by atoms with van der Waals surface area (Å²) in [6.07, 6.45) is 4.89. The summed E-state index contributed by atoms with van der Waals surface area (Å²) in [5, 5.41) is 0.850. The fourth-order valence-corrected chi connectivity index (χ4v) is 1.57. The molecule has 11 heavy (non-hydrogen) atoms. The Bertz CT molecular complexity index is 251. The Kier molecular flexibility index (Phi) is 1.87. The van der Waals surface area contributed by atoms with E-state index in [4.69, 9.17) is 11.6 Å². The maximum atomic E-state index is 5.86. The molecule has 0 saturated heterocycles. The lowest BCUT2D eigenvalue weighted by atomic mass is 9.80. The van der Waals surface area contributed by atoms with Crippen LogP contribution in [0.4, 0.5) is 0 Å². The normalized spacial score (nSPS) is 17.9. The van der Waals surface area contributed by atoms with Gasteiger partial charge in [0.15, 0.2) is 0 Å². The van der Waals surface area contributed by atoms with Crippen LogP contribution in [0.2, 0.25) is 5.02 Å². The highest BCUT2D eigenvalue weighted by atomic mass is 35.5. The highest BCUT2D eigenvalue weighted by molar-refractivity contribution is 6.30. The van der Waals surface area contributed by atoms with Crippen LogP contribution in [0.1, 0.15) is 24.3 Å². The summed E-state index contributed by atoms with van der Waals surface area (Å²) < 4.78 is 0. The molecule has 0 amide bonds. The molecular formula is C10H10Cl. The van der Waals surface area contributed by atoms with Crippen molar-refractivity contribution in [3.05, 3.63) is 41.3 Å². The van der Waals surface area contributed by atoms with Gasteiger partial charge in [0.25, 0.3) is 0 Å². The smallest absolute Gasteiger partial charge is 0.0408 e. The second-order valence-corrected chi connectivity index (χ2v) is 3.41. The van der Waals surface area contributed by atoms with E-state index in [0.29, 0.717) is 5.92 Å². The second-order valence-electron chi connectivity index (χ2n) is 2.97. The summed E-state index contributed by atoms with van der Waals surface area (Å²) in [6.45, 7) is 0. The lowest BCUT2D eigenvalue weighted by Gasteiger charge is -2.25. The van der Waals surface area contributed by atoms with Crippen molar-refractivity contribution in [2.45, 2.75) is 18.8 Å². The van der Waals surface area contributed by atoms with E-state index >= 15 is 0 Å². The minimum atomic E-state index is 0.675. The molecule has 1 atom stereocenters. The summed E-state index contributed by atoms with van der Waals surface area (Å²) >= 11 is 5.86. The van der Waals surface area contributed by atoms with Crippen molar-refractivity contribution in [3.8, 4) is 0 Å². The first kappa shape index (κ1) is 7.17. The summed E-state index contributed by atoms with van der Waals surface area (Å²) in [6, 6.07) is 8.14. The molecule has 1 aliphatic rings. The molecule has 1 saturated carbocycles. The van der Waals surface area contributed by atoms with Crippen LogP contribution in [0.15, 0.2) is 24.3 Å². The molecule has 1 unspecified atom stereocenters. The average molecular weight is 166 g/mol. The molecule has 0 aromatic heterocycles. The zero-order valence-corrected chi connectivity index (χ0v) is 7.01.